The van der Waals surface area contributed by atoms with E-state index in [-0.39, 0.29) is 12.3 Å². The number of rotatable bonds is 7. The first-order valence-electron chi connectivity index (χ1n) is 10.7. The lowest BCUT2D eigenvalue weighted by Crippen LogP contribution is -2.43. The van der Waals surface area contributed by atoms with Gasteiger partial charge in [0.1, 0.15) is 0 Å². The summed E-state index contributed by atoms with van der Waals surface area (Å²) in [6.07, 6.45) is 0.698. The van der Waals surface area contributed by atoms with Gasteiger partial charge in [-0.3, -0.25) is 9.69 Å². The van der Waals surface area contributed by atoms with Gasteiger partial charge in [-0.05, 0) is 43.8 Å². The molecule has 0 radical (unpaired) electrons. The summed E-state index contributed by atoms with van der Waals surface area (Å²) in [5.41, 5.74) is 4.09. The van der Waals surface area contributed by atoms with Crippen LogP contribution >= 0.6 is 0 Å². The quantitative estimate of drug-likeness (QED) is 0.633. The molecule has 1 saturated heterocycles. The summed E-state index contributed by atoms with van der Waals surface area (Å²) in [4.78, 5) is 17.2. The van der Waals surface area contributed by atoms with Gasteiger partial charge in [0.05, 0.1) is 0 Å². The fourth-order valence-electron chi connectivity index (χ4n) is 3.62. The number of aryl methyl sites for hydroxylation is 2. The molecule has 31 heavy (non-hydrogen) atoms. The molecule has 2 aromatic carbocycles. The van der Waals surface area contributed by atoms with Crippen LogP contribution in [-0.2, 0) is 17.8 Å². The third-order valence-corrected chi connectivity index (χ3v) is 5.54. The molecule has 162 valence electrons. The number of amides is 1. The third-order valence-electron chi connectivity index (χ3n) is 5.54. The standard InChI is InChI=1S/C24H29N5O2/c1-18-6-8-20(9-7-18)24-27-26-23(31-24)11-10-22(30)25-21-5-3-4-19(16-21)17-29-14-12-28(2)13-15-29/h3-9,16H,10-15,17H2,1-2H3,(H,25,30). The Morgan fingerprint density at radius 1 is 1.06 bits per heavy atom. The molecule has 0 spiro atoms. The molecule has 0 saturated carbocycles. The van der Waals surface area contributed by atoms with E-state index >= 15 is 0 Å². The highest BCUT2D eigenvalue weighted by Gasteiger charge is 2.14. The Labute approximate surface area is 183 Å². The minimum atomic E-state index is -0.0631. The molecule has 3 aromatic rings. The Kier molecular flexibility index (Phi) is 6.74. The third kappa shape index (κ3) is 5.99. The zero-order valence-corrected chi connectivity index (χ0v) is 18.2. The van der Waals surface area contributed by atoms with Gasteiger partial charge in [0.2, 0.25) is 17.7 Å². The van der Waals surface area contributed by atoms with Gasteiger partial charge in [0.15, 0.2) is 0 Å². The van der Waals surface area contributed by atoms with Crippen molar-refractivity contribution in [1.82, 2.24) is 20.0 Å². The van der Waals surface area contributed by atoms with Crippen LogP contribution in [0.1, 0.15) is 23.4 Å². The topological polar surface area (TPSA) is 74.5 Å². The van der Waals surface area contributed by atoms with Crippen molar-refractivity contribution in [1.29, 1.82) is 0 Å². The number of nitrogens with zero attached hydrogens (tertiary/aromatic N) is 4. The number of carbonyl (C=O) groups is 1. The predicted molar refractivity (Wildman–Crippen MR) is 121 cm³/mol. The van der Waals surface area contributed by atoms with Crippen LogP contribution < -0.4 is 5.32 Å². The van der Waals surface area contributed by atoms with Gasteiger partial charge in [-0.25, -0.2) is 0 Å². The summed E-state index contributed by atoms with van der Waals surface area (Å²) in [5.74, 6) is 0.883. The Balaban J connectivity index is 1.28. The second-order valence-electron chi connectivity index (χ2n) is 8.19. The monoisotopic (exact) mass is 419 g/mol. The number of nitrogens with one attached hydrogen (secondary N) is 1. The predicted octanol–water partition coefficient (Wildman–Crippen LogP) is 3.36. The number of benzene rings is 2. The van der Waals surface area contributed by atoms with Crippen LogP contribution in [0, 0.1) is 6.92 Å². The van der Waals surface area contributed by atoms with Crippen LogP contribution in [0.15, 0.2) is 52.9 Å². The van der Waals surface area contributed by atoms with Crippen molar-refractivity contribution in [3.8, 4) is 11.5 Å². The van der Waals surface area contributed by atoms with Crippen molar-refractivity contribution >= 4 is 11.6 Å². The van der Waals surface area contributed by atoms with E-state index in [9.17, 15) is 4.79 Å². The van der Waals surface area contributed by atoms with Gasteiger partial charge in [0, 0.05) is 56.8 Å². The first-order valence-corrected chi connectivity index (χ1v) is 10.7. The molecule has 0 atom stereocenters. The SMILES string of the molecule is Cc1ccc(-c2nnc(CCC(=O)Nc3cccc(CN4CCN(C)CC4)c3)o2)cc1. The highest BCUT2D eigenvalue weighted by molar-refractivity contribution is 5.90. The lowest BCUT2D eigenvalue weighted by molar-refractivity contribution is -0.116. The van der Waals surface area contributed by atoms with Crippen molar-refractivity contribution in [2.75, 3.05) is 38.5 Å². The van der Waals surface area contributed by atoms with E-state index in [1.54, 1.807) is 0 Å². The molecule has 4 rings (SSSR count). The minimum absolute atomic E-state index is 0.0631. The van der Waals surface area contributed by atoms with E-state index in [0.29, 0.717) is 18.2 Å². The average Bonchev–Trinajstić information content (AvgIpc) is 3.24. The van der Waals surface area contributed by atoms with E-state index in [1.165, 1.54) is 11.1 Å². The molecule has 1 N–H and O–H groups in total. The first-order chi connectivity index (χ1) is 15.0. The van der Waals surface area contributed by atoms with Gasteiger partial charge >= 0.3 is 0 Å². The summed E-state index contributed by atoms with van der Waals surface area (Å²) in [5, 5.41) is 11.2. The molecule has 1 aliphatic heterocycles. The smallest absolute Gasteiger partial charge is 0.247 e. The average molecular weight is 420 g/mol. The van der Waals surface area contributed by atoms with Crippen LogP contribution in [0.3, 0.4) is 0 Å². The second kappa shape index (κ2) is 9.85. The van der Waals surface area contributed by atoms with E-state index in [0.717, 1.165) is 44.0 Å². The molecule has 1 aliphatic rings. The van der Waals surface area contributed by atoms with E-state index in [1.807, 2.05) is 43.3 Å². The molecule has 1 fully saturated rings. The molecule has 0 aliphatic carbocycles. The summed E-state index contributed by atoms with van der Waals surface area (Å²) in [6, 6.07) is 16.0. The fourth-order valence-corrected chi connectivity index (χ4v) is 3.62. The van der Waals surface area contributed by atoms with Crippen molar-refractivity contribution in [2.24, 2.45) is 0 Å². The zero-order valence-electron chi connectivity index (χ0n) is 18.2. The Morgan fingerprint density at radius 2 is 1.84 bits per heavy atom. The van der Waals surface area contributed by atoms with Gasteiger partial charge in [0.25, 0.3) is 0 Å². The molecule has 0 bridgehead atoms. The molecular formula is C24H29N5O2. The number of piperazine rings is 1. The summed E-state index contributed by atoms with van der Waals surface area (Å²) < 4.78 is 5.71. The maximum Gasteiger partial charge on any atom is 0.247 e. The van der Waals surface area contributed by atoms with Crippen LogP contribution in [0.2, 0.25) is 0 Å². The largest absolute Gasteiger partial charge is 0.421 e. The van der Waals surface area contributed by atoms with Crippen LogP contribution in [0.25, 0.3) is 11.5 Å². The highest BCUT2D eigenvalue weighted by Crippen LogP contribution is 2.19. The molecule has 1 amide bonds. The Morgan fingerprint density at radius 3 is 2.61 bits per heavy atom. The van der Waals surface area contributed by atoms with Crippen molar-refractivity contribution < 1.29 is 9.21 Å². The normalized spacial score (nSPS) is 15.2. The summed E-state index contributed by atoms with van der Waals surface area (Å²) in [6.45, 7) is 7.27. The Hall–Kier alpha value is -3.03. The number of likely N-dealkylation sites (N-methyl/N-ethyl adjacent to an activating group) is 1. The molecule has 7 nitrogen and oxygen atoms in total. The first kappa shape index (κ1) is 21.2. The van der Waals surface area contributed by atoms with Gasteiger partial charge in [-0.2, -0.15) is 0 Å². The zero-order chi connectivity index (χ0) is 21.6. The van der Waals surface area contributed by atoms with Crippen molar-refractivity contribution in [2.45, 2.75) is 26.3 Å². The Bertz CT molecular complexity index is 1010. The van der Waals surface area contributed by atoms with E-state index in [4.69, 9.17) is 4.42 Å². The maximum atomic E-state index is 12.4. The molecule has 1 aromatic heterocycles. The number of aromatic nitrogens is 2. The number of carbonyl (C=O) groups excluding carboxylic acids is 1. The lowest BCUT2D eigenvalue weighted by Gasteiger charge is -2.32. The minimum Gasteiger partial charge on any atom is -0.421 e. The molecule has 0 unspecified atom stereocenters. The van der Waals surface area contributed by atoms with Gasteiger partial charge in [-0.1, -0.05) is 29.8 Å². The number of hydrogen-bond donors (Lipinski definition) is 1. The summed E-state index contributed by atoms with van der Waals surface area (Å²) >= 11 is 0. The number of hydrogen-bond acceptors (Lipinski definition) is 6. The lowest BCUT2D eigenvalue weighted by atomic mass is 10.1. The van der Waals surface area contributed by atoms with Gasteiger partial charge in [-0.15, -0.1) is 10.2 Å². The highest BCUT2D eigenvalue weighted by atomic mass is 16.4. The van der Waals surface area contributed by atoms with Gasteiger partial charge < -0.3 is 14.6 Å². The van der Waals surface area contributed by atoms with E-state index < -0.39 is 0 Å². The van der Waals surface area contributed by atoms with Crippen LogP contribution in [0.4, 0.5) is 5.69 Å². The molecule has 2 heterocycles. The van der Waals surface area contributed by atoms with Crippen LogP contribution in [0.5, 0.6) is 0 Å². The maximum absolute atomic E-state index is 12.4. The number of anilines is 1. The van der Waals surface area contributed by atoms with Crippen molar-refractivity contribution in [3.63, 3.8) is 0 Å². The fraction of sp³-hybridized carbons (Fsp3) is 0.375. The molecule has 7 heteroatoms. The second-order valence-corrected chi connectivity index (χ2v) is 8.19. The van der Waals surface area contributed by atoms with Crippen LogP contribution in [-0.4, -0.2) is 59.1 Å². The van der Waals surface area contributed by atoms with E-state index in [2.05, 4.69) is 44.5 Å². The van der Waals surface area contributed by atoms with Crippen molar-refractivity contribution in [3.05, 3.63) is 65.5 Å². The summed E-state index contributed by atoms with van der Waals surface area (Å²) in [7, 11) is 2.16. The molecular weight excluding hydrogens is 390 g/mol.